The maximum Gasteiger partial charge on any atom is 0.232 e. The Morgan fingerprint density at radius 3 is 2.42 bits per heavy atom. The molecule has 0 spiro atoms. The van der Waals surface area contributed by atoms with Crippen LogP contribution in [0.25, 0.3) is 0 Å². The second-order valence-electron chi connectivity index (χ2n) is 6.63. The molecule has 1 aromatic rings. The average Bonchev–Trinajstić information content (AvgIpc) is 2.66. The van der Waals surface area contributed by atoms with Gasteiger partial charge in [-0.3, -0.25) is 4.94 Å². The van der Waals surface area contributed by atoms with Crippen molar-refractivity contribution in [3.05, 3.63) is 47.4 Å². The lowest BCUT2D eigenvalue weighted by atomic mass is 9.79. The second-order valence-corrected chi connectivity index (χ2v) is 6.63. The first-order valence-electron chi connectivity index (χ1n) is 9.59. The minimum atomic E-state index is 0.127. The first-order valence-corrected chi connectivity index (χ1v) is 9.59. The Kier molecular flexibility index (Phi) is 11.6. The molecule has 0 amide bonds. The molecule has 2 unspecified atom stereocenters. The molecule has 0 radical (unpaired) electrons. The van der Waals surface area contributed by atoms with E-state index in [1.165, 1.54) is 16.7 Å². The summed E-state index contributed by atoms with van der Waals surface area (Å²) in [7, 11) is 0. The molecule has 1 fully saturated rings. The number of Topliss-reactive ketones (excluding diaryl/α,β-unsaturated/α-hetero) is 1. The van der Waals surface area contributed by atoms with Gasteiger partial charge in [-0.25, -0.2) is 0 Å². The third kappa shape index (κ3) is 7.19. The fraction of sp³-hybridized carbons (Fsp3) is 0.591. The van der Waals surface area contributed by atoms with Crippen molar-refractivity contribution in [1.82, 2.24) is 4.90 Å². The van der Waals surface area contributed by atoms with Crippen LogP contribution in [0.2, 0.25) is 0 Å². The van der Waals surface area contributed by atoms with E-state index in [9.17, 15) is 9.32 Å². The van der Waals surface area contributed by atoms with Crippen molar-refractivity contribution in [2.75, 3.05) is 13.1 Å². The third-order valence-corrected chi connectivity index (χ3v) is 4.94. The summed E-state index contributed by atoms with van der Waals surface area (Å²) in [6, 6.07) is 6.42. The lowest BCUT2D eigenvalue weighted by molar-refractivity contribution is -0.120. The Labute approximate surface area is 159 Å². The van der Waals surface area contributed by atoms with Crippen LogP contribution in [0.3, 0.4) is 0 Å². The number of hydrogen-bond donors (Lipinski definition) is 0. The third-order valence-electron chi connectivity index (χ3n) is 4.94. The van der Waals surface area contributed by atoms with Crippen molar-refractivity contribution < 1.29 is 14.3 Å². The van der Waals surface area contributed by atoms with Gasteiger partial charge in [0.05, 0.1) is 0 Å². The number of piperidine rings is 1. The van der Waals surface area contributed by atoms with Crippen molar-refractivity contribution in [2.45, 2.75) is 67.2 Å². The Bertz CT molecular complexity index is 571. The highest BCUT2D eigenvalue weighted by Crippen LogP contribution is 2.35. The quantitative estimate of drug-likeness (QED) is 0.603. The molecule has 26 heavy (non-hydrogen) atoms. The van der Waals surface area contributed by atoms with Crippen molar-refractivity contribution in [3.63, 3.8) is 0 Å². The van der Waals surface area contributed by atoms with E-state index in [-0.39, 0.29) is 11.7 Å². The van der Waals surface area contributed by atoms with Crippen LogP contribution in [0.5, 0.6) is 0 Å². The van der Waals surface area contributed by atoms with Gasteiger partial charge in [0.1, 0.15) is 5.78 Å². The summed E-state index contributed by atoms with van der Waals surface area (Å²) in [5.41, 5.74) is 4.01. The van der Waals surface area contributed by atoms with Gasteiger partial charge in [0, 0.05) is 30.0 Å². The van der Waals surface area contributed by atoms with Crippen LogP contribution in [-0.4, -0.2) is 23.8 Å². The zero-order valence-electron chi connectivity index (χ0n) is 17.6. The Hall–Kier alpha value is -1.84. The number of nitrogens with zero attached hydrogens (tertiary/aromatic N) is 1. The molecule has 148 valence electrons. The minimum Gasteiger partial charge on any atom is -0.340 e. The van der Waals surface area contributed by atoms with Crippen LogP contribution in [0, 0.1) is 19.8 Å². The molecule has 0 aromatic heterocycles. The average molecular weight is 366 g/mol. The smallest absolute Gasteiger partial charge is 0.232 e. The van der Waals surface area contributed by atoms with E-state index in [1.807, 2.05) is 25.7 Å². The van der Waals surface area contributed by atoms with Gasteiger partial charge in [0.15, 0.2) is 0 Å². The molecular formula is C22H36FNO2. The molecule has 0 N–H and O–H groups in total. The van der Waals surface area contributed by atoms with E-state index in [2.05, 4.69) is 50.5 Å². The molecule has 1 saturated heterocycles. The second kappa shape index (κ2) is 12.5. The van der Waals surface area contributed by atoms with E-state index in [0.29, 0.717) is 18.3 Å². The molecular weight excluding hydrogens is 329 g/mol. The molecule has 2 rings (SSSR count). The maximum absolute atomic E-state index is 12.3. The number of carbonyl (C=O) groups excluding carboxylic acids is 1. The van der Waals surface area contributed by atoms with Crippen LogP contribution in [0.4, 0.5) is 4.53 Å². The fourth-order valence-electron chi connectivity index (χ4n) is 2.92. The van der Waals surface area contributed by atoms with Gasteiger partial charge in [-0.05, 0) is 56.4 Å². The Balaban J connectivity index is 0.000000772. The first kappa shape index (κ1) is 24.2. The van der Waals surface area contributed by atoms with Crippen molar-refractivity contribution in [3.8, 4) is 0 Å². The predicted octanol–water partition coefficient (Wildman–Crippen LogP) is 6.11. The van der Waals surface area contributed by atoms with Gasteiger partial charge in [-0.15, -0.1) is 0 Å². The van der Waals surface area contributed by atoms with Crippen molar-refractivity contribution in [2.24, 2.45) is 5.92 Å². The van der Waals surface area contributed by atoms with Crippen LogP contribution < -0.4 is 0 Å². The normalized spacial score (nSPS) is 18.7. The lowest BCUT2D eigenvalue weighted by Gasteiger charge is -2.38. The first-order chi connectivity index (χ1) is 12.3. The van der Waals surface area contributed by atoms with Gasteiger partial charge in [0.2, 0.25) is 5.88 Å². The zero-order chi connectivity index (χ0) is 20.3. The lowest BCUT2D eigenvalue weighted by Crippen LogP contribution is -2.38. The summed E-state index contributed by atoms with van der Waals surface area (Å²) >= 11 is 0. The number of ketones is 1. The Morgan fingerprint density at radius 1 is 1.35 bits per heavy atom. The number of benzene rings is 1. The van der Waals surface area contributed by atoms with Crippen LogP contribution >= 0.6 is 0 Å². The number of halogens is 1. The summed E-state index contributed by atoms with van der Waals surface area (Å²) in [5.74, 6) is 1.37. The van der Waals surface area contributed by atoms with E-state index >= 15 is 0 Å². The van der Waals surface area contributed by atoms with Gasteiger partial charge >= 0.3 is 0 Å². The molecule has 2 atom stereocenters. The fourth-order valence-corrected chi connectivity index (χ4v) is 2.92. The van der Waals surface area contributed by atoms with Crippen molar-refractivity contribution >= 4 is 5.78 Å². The number of rotatable bonds is 4. The van der Waals surface area contributed by atoms with Crippen LogP contribution in [-0.2, 0) is 9.74 Å². The van der Waals surface area contributed by atoms with Gasteiger partial charge in [-0.2, -0.15) is 0 Å². The largest absolute Gasteiger partial charge is 0.340 e. The van der Waals surface area contributed by atoms with Crippen molar-refractivity contribution in [1.29, 1.82) is 0 Å². The molecule has 0 saturated carbocycles. The van der Waals surface area contributed by atoms with E-state index in [0.717, 1.165) is 19.5 Å². The summed E-state index contributed by atoms with van der Waals surface area (Å²) < 4.78 is 12.3. The molecule has 1 aliphatic rings. The van der Waals surface area contributed by atoms with E-state index < -0.39 is 0 Å². The van der Waals surface area contributed by atoms with E-state index in [4.69, 9.17) is 0 Å². The zero-order valence-corrected chi connectivity index (χ0v) is 17.6. The molecule has 0 bridgehead atoms. The topological polar surface area (TPSA) is 29.5 Å². The Morgan fingerprint density at radius 2 is 1.92 bits per heavy atom. The minimum absolute atomic E-state index is 0.127. The number of hydrogen-bond acceptors (Lipinski definition) is 3. The maximum atomic E-state index is 12.3. The van der Waals surface area contributed by atoms with Gasteiger partial charge < -0.3 is 9.69 Å². The molecule has 4 heteroatoms. The number of aryl methyl sites for hydroxylation is 1. The highest BCUT2D eigenvalue weighted by atomic mass is 19.3. The summed E-state index contributed by atoms with van der Waals surface area (Å²) in [5, 5.41) is 0. The molecule has 1 aromatic carbocycles. The summed E-state index contributed by atoms with van der Waals surface area (Å²) in [6.07, 6.45) is 1.69. The monoisotopic (exact) mass is 365 g/mol. The number of likely N-dealkylation sites (tertiary alicyclic amines) is 1. The van der Waals surface area contributed by atoms with Crippen LogP contribution in [0.1, 0.15) is 70.1 Å². The summed E-state index contributed by atoms with van der Waals surface area (Å²) in [4.78, 5) is 15.5. The SMILES string of the molecule is C=C(OF)N1CCC(C)C(c2cccc(C)c2C)C1.CC.CCC(C)=O. The highest BCUT2D eigenvalue weighted by molar-refractivity contribution is 5.74. The van der Waals surface area contributed by atoms with Gasteiger partial charge in [0.25, 0.3) is 0 Å². The molecule has 1 heterocycles. The predicted molar refractivity (Wildman–Crippen MR) is 108 cm³/mol. The number of carbonyl (C=O) groups is 1. The molecule has 3 nitrogen and oxygen atoms in total. The van der Waals surface area contributed by atoms with Gasteiger partial charge in [-0.1, -0.05) is 45.9 Å². The standard InChI is InChI=1S/C16H22FNO.C4H8O.C2H6/c1-11-6-5-7-15(13(11)3)16-10-18(14(4)19-17)9-8-12(16)2;1-3-4(2)5;1-2/h5-7,12,16H,4,8-10H2,1-3H3;3H2,1-2H3;1-2H3. The van der Waals surface area contributed by atoms with Crippen LogP contribution in [0.15, 0.2) is 30.7 Å². The highest BCUT2D eigenvalue weighted by Gasteiger charge is 2.29. The molecule has 0 aliphatic carbocycles. The van der Waals surface area contributed by atoms with E-state index in [1.54, 1.807) is 6.92 Å². The molecule has 1 aliphatic heterocycles. The summed E-state index contributed by atoms with van der Waals surface area (Å²) in [6.45, 7) is 19.2.